The van der Waals surface area contributed by atoms with Gasteiger partial charge in [-0.15, -0.1) is 0 Å². The molecule has 126 valence electrons. The van der Waals surface area contributed by atoms with Crippen LogP contribution in [-0.2, 0) is 0 Å². The van der Waals surface area contributed by atoms with E-state index < -0.39 is 0 Å². The molecule has 0 saturated heterocycles. The van der Waals surface area contributed by atoms with E-state index in [1.54, 1.807) is 0 Å². The van der Waals surface area contributed by atoms with Crippen molar-refractivity contribution in [2.45, 2.75) is 34.1 Å². The minimum atomic E-state index is 0.543. The van der Waals surface area contributed by atoms with Gasteiger partial charge < -0.3 is 0 Å². The molecule has 2 aliphatic rings. The number of fused-ring (bicyclic) bond motifs is 2. The summed E-state index contributed by atoms with van der Waals surface area (Å²) in [7, 11) is 0. The Balaban J connectivity index is 1.75. The largest absolute Gasteiger partial charge is 0.0619 e. The number of rotatable bonds is 4. The molecule has 0 N–H and O–H groups in total. The zero-order valence-electron chi connectivity index (χ0n) is 15.6. The van der Waals surface area contributed by atoms with Gasteiger partial charge in [-0.2, -0.15) is 0 Å². The highest BCUT2D eigenvalue weighted by Gasteiger charge is 2.28. The molecule has 0 atom stereocenters. The maximum absolute atomic E-state index is 2.41. The molecule has 0 fully saturated rings. The second-order valence-electron chi connectivity index (χ2n) is 7.83. The van der Waals surface area contributed by atoms with Gasteiger partial charge in [0.2, 0.25) is 0 Å². The summed E-state index contributed by atoms with van der Waals surface area (Å²) in [5.74, 6) is 1.09. The fraction of sp³-hybridized carbons (Fsp3) is 0.280. The van der Waals surface area contributed by atoms with Crippen LogP contribution in [0.1, 0.15) is 56.4 Å². The Morgan fingerprint density at radius 1 is 0.600 bits per heavy atom. The molecule has 0 bridgehead atoms. The van der Waals surface area contributed by atoms with Crippen LogP contribution >= 0.6 is 0 Å². The summed E-state index contributed by atoms with van der Waals surface area (Å²) in [5, 5.41) is 0. The average molecular weight is 326 g/mol. The lowest BCUT2D eigenvalue weighted by Crippen LogP contribution is -1.98. The van der Waals surface area contributed by atoms with Gasteiger partial charge in [0, 0.05) is 12.8 Å². The van der Waals surface area contributed by atoms with Crippen LogP contribution in [0, 0.1) is 24.7 Å². The predicted molar refractivity (Wildman–Crippen MR) is 108 cm³/mol. The van der Waals surface area contributed by atoms with Gasteiger partial charge in [0.1, 0.15) is 0 Å². The normalized spacial score (nSPS) is 16.2. The Bertz CT molecular complexity index is 801. The van der Waals surface area contributed by atoms with E-state index in [-0.39, 0.29) is 0 Å². The van der Waals surface area contributed by atoms with Crippen molar-refractivity contribution in [2.75, 3.05) is 0 Å². The van der Waals surface area contributed by atoms with Gasteiger partial charge in [0.15, 0.2) is 0 Å². The fourth-order valence-electron chi connectivity index (χ4n) is 4.47. The van der Waals surface area contributed by atoms with Crippen LogP contribution in [0.2, 0.25) is 0 Å². The topological polar surface area (TPSA) is 0 Å². The molecule has 2 aromatic rings. The lowest BCUT2D eigenvalue weighted by molar-refractivity contribution is 0.841. The van der Waals surface area contributed by atoms with Gasteiger partial charge in [-0.1, -0.05) is 87.4 Å². The van der Waals surface area contributed by atoms with Crippen molar-refractivity contribution in [3.8, 4) is 0 Å². The van der Waals surface area contributed by atoms with E-state index in [9.17, 15) is 0 Å². The van der Waals surface area contributed by atoms with Crippen LogP contribution in [0.5, 0.6) is 0 Å². The minimum Gasteiger partial charge on any atom is -0.0619 e. The molecular formula is C25H26. The summed E-state index contributed by atoms with van der Waals surface area (Å²) in [6.45, 7) is 9.26. The first-order valence-electron chi connectivity index (χ1n) is 9.40. The van der Waals surface area contributed by atoms with E-state index in [0.29, 0.717) is 11.8 Å². The summed E-state index contributed by atoms with van der Waals surface area (Å²) in [4.78, 5) is 0. The SMILES string of the molecule is CC(C)C1=C(CC2=C(C(C)C)c3ccccc3[CH]2)[CH]c2ccccc21. The van der Waals surface area contributed by atoms with E-state index in [2.05, 4.69) is 89.1 Å². The van der Waals surface area contributed by atoms with Crippen molar-refractivity contribution >= 4 is 11.1 Å². The van der Waals surface area contributed by atoms with Gasteiger partial charge in [0.05, 0.1) is 0 Å². The van der Waals surface area contributed by atoms with Crippen molar-refractivity contribution in [3.63, 3.8) is 0 Å². The summed E-state index contributed by atoms with van der Waals surface area (Å²) >= 11 is 0. The Labute approximate surface area is 152 Å². The molecule has 0 saturated carbocycles. The number of allylic oxidation sites excluding steroid dienone is 4. The monoisotopic (exact) mass is 326 g/mol. The molecule has 2 aromatic carbocycles. The average Bonchev–Trinajstić information content (AvgIpc) is 3.12. The van der Waals surface area contributed by atoms with Gasteiger partial charge in [-0.25, -0.2) is 0 Å². The Morgan fingerprint density at radius 2 is 1.00 bits per heavy atom. The molecule has 0 aliphatic heterocycles. The van der Waals surface area contributed by atoms with Crippen molar-refractivity contribution in [2.24, 2.45) is 11.8 Å². The first kappa shape index (κ1) is 16.4. The predicted octanol–water partition coefficient (Wildman–Crippen LogP) is 6.73. The molecule has 4 rings (SSSR count). The van der Waals surface area contributed by atoms with Crippen LogP contribution in [0.4, 0.5) is 0 Å². The van der Waals surface area contributed by atoms with E-state index in [1.165, 1.54) is 44.5 Å². The molecule has 2 radical (unpaired) electrons. The second kappa shape index (κ2) is 6.33. The van der Waals surface area contributed by atoms with Crippen molar-refractivity contribution in [1.29, 1.82) is 0 Å². The Kier molecular flexibility index (Phi) is 4.15. The molecule has 0 heterocycles. The summed E-state index contributed by atoms with van der Waals surface area (Å²) in [6, 6.07) is 17.7. The van der Waals surface area contributed by atoms with Crippen molar-refractivity contribution in [3.05, 3.63) is 94.8 Å². The van der Waals surface area contributed by atoms with E-state index in [4.69, 9.17) is 0 Å². The third kappa shape index (κ3) is 2.78. The van der Waals surface area contributed by atoms with Crippen LogP contribution < -0.4 is 0 Å². The highest BCUT2D eigenvalue weighted by molar-refractivity contribution is 5.85. The molecule has 0 heteroatoms. The van der Waals surface area contributed by atoms with Gasteiger partial charge in [-0.3, -0.25) is 0 Å². The second-order valence-corrected chi connectivity index (χ2v) is 7.83. The maximum atomic E-state index is 2.41. The standard InChI is InChI=1S/C25H26/c1-16(2)24-20(13-18-9-5-7-11-22(18)24)15-21-14-19-10-6-8-12-23(19)25(21)17(3)4/h5-14,16-17H,15H2,1-4H3. The van der Waals surface area contributed by atoms with E-state index >= 15 is 0 Å². The smallest absolute Gasteiger partial charge is 0.0170 e. The molecular weight excluding hydrogens is 300 g/mol. The molecule has 0 aromatic heterocycles. The first-order chi connectivity index (χ1) is 12.1. The minimum absolute atomic E-state index is 0.543. The number of benzene rings is 2. The fourth-order valence-corrected chi connectivity index (χ4v) is 4.47. The van der Waals surface area contributed by atoms with Crippen LogP contribution in [-0.4, -0.2) is 0 Å². The van der Waals surface area contributed by atoms with Crippen molar-refractivity contribution < 1.29 is 0 Å². The zero-order valence-corrected chi connectivity index (χ0v) is 15.6. The third-order valence-electron chi connectivity index (χ3n) is 5.39. The van der Waals surface area contributed by atoms with E-state index in [0.717, 1.165) is 6.42 Å². The Morgan fingerprint density at radius 3 is 1.40 bits per heavy atom. The van der Waals surface area contributed by atoms with Gasteiger partial charge in [0.25, 0.3) is 0 Å². The third-order valence-corrected chi connectivity index (χ3v) is 5.39. The van der Waals surface area contributed by atoms with Gasteiger partial charge >= 0.3 is 0 Å². The zero-order chi connectivity index (χ0) is 17.6. The summed E-state index contributed by atoms with van der Waals surface area (Å²) in [5.41, 5.74) is 11.6. The molecule has 0 spiro atoms. The van der Waals surface area contributed by atoms with Crippen LogP contribution in [0.3, 0.4) is 0 Å². The quantitative estimate of drug-likeness (QED) is 0.584. The van der Waals surface area contributed by atoms with E-state index in [1.807, 2.05) is 0 Å². The summed E-state index contributed by atoms with van der Waals surface area (Å²) in [6.07, 6.45) is 5.85. The lowest BCUT2D eigenvalue weighted by Gasteiger charge is -2.16. The highest BCUT2D eigenvalue weighted by atomic mass is 14.3. The molecule has 2 aliphatic carbocycles. The molecule has 0 nitrogen and oxygen atoms in total. The molecule has 0 amide bonds. The van der Waals surface area contributed by atoms with Crippen LogP contribution in [0.15, 0.2) is 59.7 Å². The highest BCUT2D eigenvalue weighted by Crippen LogP contribution is 2.46. The van der Waals surface area contributed by atoms with Gasteiger partial charge in [-0.05, 0) is 51.7 Å². The number of hydrogen-bond donors (Lipinski definition) is 0. The molecule has 25 heavy (non-hydrogen) atoms. The van der Waals surface area contributed by atoms with Crippen LogP contribution in [0.25, 0.3) is 11.1 Å². The Hall–Kier alpha value is -2.08. The first-order valence-corrected chi connectivity index (χ1v) is 9.40. The summed E-state index contributed by atoms with van der Waals surface area (Å²) < 4.78 is 0. The van der Waals surface area contributed by atoms with Crippen molar-refractivity contribution in [1.82, 2.24) is 0 Å². The maximum Gasteiger partial charge on any atom is 0.0170 e. The lowest BCUT2D eigenvalue weighted by atomic mass is 9.89. The molecule has 0 unspecified atom stereocenters. The number of hydrogen-bond acceptors (Lipinski definition) is 0.